The van der Waals surface area contributed by atoms with Crippen LogP contribution in [0.4, 0.5) is 5.69 Å². The molecule has 2 aromatic rings. The van der Waals surface area contributed by atoms with Crippen molar-refractivity contribution in [1.82, 2.24) is 4.90 Å². The molecule has 27 heavy (non-hydrogen) atoms. The van der Waals surface area contributed by atoms with Gasteiger partial charge in [0.15, 0.2) is 0 Å². The van der Waals surface area contributed by atoms with Crippen LogP contribution in [0.25, 0.3) is 0 Å². The molecule has 2 aromatic carbocycles. The first-order valence-electron chi connectivity index (χ1n) is 9.89. The first kappa shape index (κ1) is 19.9. The molecule has 1 aliphatic rings. The summed E-state index contributed by atoms with van der Waals surface area (Å²) in [6.07, 6.45) is 3.10. The van der Waals surface area contributed by atoms with Crippen LogP contribution in [0.15, 0.2) is 54.6 Å². The zero-order valence-corrected chi connectivity index (χ0v) is 17.0. The lowest BCUT2D eigenvalue weighted by molar-refractivity contribution is -0.122. The van der Waals surface area contributed by atoms with Crippen molar-refractivity contribution in [2.24, 2.45) is 5.92 Å². The lowest BCUT2D eigenvalue weighted by Crippen LogP contribution is -2.49. The highest BCUT2D eigenvalue weighted by atomic mass is 35.5. The van der Waals surface area contributed by atoms with Gasteiger partial charge >= 0.3 is 0 Å². The average Bonchev–Trinajstić information content (AvgIpc) is 2.69. The highest BCUT2D eigenvalue weighted by Crippen LogP contribution is 2.27. The summed E-state index contributed by atoms with van der Waals surface area (Å²) in [5.41, 5.74) is 2.35. The SMILES string of the molecule is CC(C)C(=O)N(c1ccc(Cl)cc1)C1CCN(CCc2ccccc2)CC1. The minimum absolute atomic E-state index is 0.0169. The number of hydrogen-bond donors (Lipinski definition) is 0. The number of rotatable bonds is 6. The summed E-state index contributed by atoms with van der Waals surface area (Å²) >= 11 is 6.04. The molecule has 4 heteroatoms. The van der Waals surface area contributed by atoms with Crippen molar-refractivity contribution in [1.29, 1.82) is 0 Å². The highest BCUT2D eigenvalue weighted by molar-refractivity contribution is 6.30. The van der Waals surface area contributed by atoms with Crippen LogP contribution in [0.1, 0.15) is 32.3 Å². The number of likely N-dealkylation sites (tertiary alicyclic amines) is 1. The molecule has 0 unspecified atom stereocenters. The van der Waals surface area contributed by atoms with E-state index in [2.05, 4.69) is 35.2 Å². The lowest BCUT2D eigenvalue weighted by Gasteiger charge is -2.39. The van der Waals surface area contributed by atoms with Gasteiger partial charge in [0.25, 0.3) is 0 Å². The van der Waals surface area contributed by atoms with Crippen molar-refractivity contribution in [3.63, 3.8) is 0 Å². The van der Waals surface area contributed by atoms with Gasteiger partial charge in [-0.05, 0) is 49.1 Å². The standard InChI is InChI=1S/C23H29ClN2O/c1-18(2)23(27)26(21-10-8-20(24)9-11-21)22-13-16-25(17-14-22)15-12-19-6-4-3-5-7-19/h3-11,18,22H,12-17H2,1-2H3. The average molecular weight is 385 g/mol. The van der Waals surface area contributed by atoms with E-state index in [0.717, 1.165) is 44.6 Å². The first-order chi connectivity index (χ1) is 13.0. The second-order valence-electron chi connectivity index (χ2n) is 7.65. The molecule has 1 saturated heterocycles. The van der Waals surface area contributed by atoms with Gasteiger partial charge in [0, 0.05) is 42.3 Å². The lowest BCUT2D eigenvalue weighted by atomic mass is 9.99. The van der Waals surface area contributed by atoms with Crippen LogP contribution in [-0.4, -0.2) is 36.5 Å². The Kier molecular flexibility index (Phi) is 6.92. The van der Waals surface area contributed by atoms with Crippen molar-refractivity contribution in [2.45, 2.75) is 39.2 Å². The Labute approximate surface area is 167 Å². The molecule has 0 bridgehead atoms. The predicted molar refractivity (Wildman–Crippen MR) is 113 cm³/mol. The van der Waals surface area contributed by atoms with E-state index in [0.29, 0.717) is 5.02 Å². The zero-order valence-electron chi connectivity index (χ0n) is 16.3. The van der Waals surface area contributed by atoms with E-state index < -0.39 is 0 Å². The van der Waals surface area contributed by atoms with E-state index in [-0.39, 0.29) is 17.9 Å². The summed E-state index contributed by atoms with van der Waals surface area (Å²) < 4.78 is 0. The van der Waals surface area contributed by atoms with Gasteiger partial charge in [0.05, 0.1) is 0 Å². The minimum atomic E-state index is -0.0169. The Bertz CT molecular complexity index is 722. The third-order valence-electron chi connectivity index (χ3n) is 5.32. The van der Waals surface area contributed by atoms with Crippen LogP contribution in [-0.2, 0) is 11.2 Å². The third kappa shape index (κ3) is 5.33. The van der Waals surface area contributed by atoms with Crippen LogP contribution in [0, 0.1) is 5.92 Å². The third-order valence-corrected chi connectivity index (χ3v) is 5.57. The molecule has 3 nitrogen and oxygen atoms in total. The topological polar surface area (TPSA) is 23.6 Å². The Morgan fingerprint density at radius 3 is 2.30 bits per heavy atom. The molecule has 3 rings (SSSR count). The molecule has 1 aliphatic heterocycles. The van der Waals surface area contributed by atoms with E-state index in [9.17, 15) is 4.79 Å². The van der Waals surface area contributed by atoms with Crippen LogP contribution in [0.3, 0.4) is 0 Å². The summed E-state index contributed by atoms with van der Waals surface area (Å²) in [5, 5.41) is 0.700. The Hall–Kier alpha value is -1.84. The van der Waals surface area contributed by atoms with Crippen LogP contribution >= 0.6 is 11.6 Å². The van der Waals surface area contributed by atoms with Crippen LogP contribution < -0.4 is 4.90 Å². The summed E-state index contributed by atoms with van der Waals surface area (Å²) in [7, 11) is 0. The Balaban J connectivity index is 1.62. The molecule has 144 valence electrons. The number of nitrogens with zero attached hydrogens (tertiary/aromatic N) is 2. The van der Waals surface area contributed by atoms with E-state index in [4.69, 9.17) is 11.6 Å². The Morgan fingerprint density at radius 2 is 1.70 bits per heavy atom. The quantitative estimate of drug-likeness (QED) is 0.696. The zero-order chi connectivity index (χ0) is 19.2. The number of piperidine rings is 1. The maximum Gasteiger partial charge on any atom is 0.229 e. The van der Waals surface area contributed by atoms with Gasteiger partial charge in [0.2, 0.25) is 5.91 Å². The second-order valence-corrected chi connectivity index (χ2v) is 8.08. The Morgan fingerprint density at radius 1 is 1.07 bits per heavy atom. The first-order valence-corrected chi connectivity index (χ1v) is 10.3. The molecule has 0 atom stereocenters. The fraction of sp³-hybridized carbons (Fsp3) is 0.435. The minimum Gasteiger partial charge on any atom is -0.309 e. The van der Waals surface area contributed by atoms with Crippen molar-refractivity contribution >= 4 is 23.2 Å². The summed E-state index contributed by atoms with van der Waals surface area (Å²) in [6.45, 7) is 7.09. The molecule has 0 saturated carbocycles. The maximum absolute atomic E-state index is 12.9. The van der Waals surface area contributed by atoms with Crippen molar-refractivity contribution in [3.05, 3.63) is 65.2 Å². The number of anilines is 1. The van der Waals surface area contributed by atoms with Crippen LogP contribution in [0.2, 0.25) is 5.02 Å². The maximum atomic E-state index is 12.9. The van der Waals surface area contributed by atoms with Crippen molar-refractivity contribution in [3.8, 4) is 0 Å². The van der Waals surface area contributed by atoms with Crippen LogP contribution in [0.5, 0.6) is 0 Å². The number of hydrogen-bond acceptors (Lipinski definition) is 2. The normalized spacial score (nSPS) is 15.9. The van der Waals surface area contributed by atoms with Gasteiger partial charge in [-0.2, -0.15) is 0 Å². The fourth-order valence-corrected chi connectivity index (χ4v) is 3.86. The molecule has 0 radical (unpaired) electrons. The molecular weight excluding hydrogens is 356 g/mol. The fourth-order valence-electron chi connectivity index (χ4n) is 3.73. The van der Waals surface area contributed by atoms with Gasteiger partial charge in [0.1, 0.15) is 0 Å². The molecule has 0 aliphatic carbocycles. The van der Waals surface area contributed by atoms with Gasteiger partial charge in [-0.25, -0.2) is 0 Å². The molecule has 1 heterocycles. The van der Waals surface area contributed by atoms with E-state index in [1.807, 2.05) is 43.0 Å². The number of amides is 1. The van der Waals surface area contributed by atoms with E-state index in [1.165, 1.54) is 5.56 Å². The number of halogens is 1. The van der Waals surface area contributed by atoms with E-state index in [1.54, 1.807) is 0 Å². The largest absolute Gasteiger partial charge is 0.309 e. The van der Waals surface area contributed by atoms with Gasteiger partial charge in [-0.3, -0.25) is 4.79 Å². The number of carbonyl (C=O) groups excluding carboxylic acids is 1. The smallest absolute Gasteiger partial charge is 0.229 e. The summed E-state index contributed by atoms with van der Waals surface area (Å²) in [6, 6.07) is 18.6. The number of benzene rings is 2. The van der Waals surface area contributed by atoms with Gasteiger partial charge in [-0.15, -0.1) is 0 Å². The molecule has 0 spiro atoms. The molecular formula is C23H29ClN2O. The molecule has 0 aromatic heterocycles. The van der Waals surface area contributed by atoms with Crippen molar-refractivity contribution in [2.75, 3.05) is 24.5 Å². The summed E-state index contributed by atoms with van der Waals surface area (Å²) in [5.74, 6) is 0.178. The molecule has 0 N–H and O–H groups in total. The summed E-state index contributed by atoms with van der Waals surface area (Å²) in [4.78, 5) is 17.4. The predicted octanol–water partition coefficient (Wildman–Crippen LogP) is 5.04. The molecule has 1 amide bonds. The molecule has 1 fully saturated rings. The monoisotopic (exact) mass is 384 g/mol. The van der Waals surface area contributed by atoms with Gasteiger partial charge < -0.3 is 9.80 Å². The number of carbonyl (C=O) groups is 1. The second kappa shape index (κ2) is 9.38. The highest BCUT2D eigenvalue weighted by Gasteiger charge is 2.30. The van der Waals surface area contributed by atoms with E-state index >= 15 is 0 Å². The van der Waals surface area contributed by atoms with Crippen molar-refractivity contribution < 1.29 is 4.79 Å². The van der Waals surface area contributed by atoms with Gasteiger partial charge in [-0.1, -0.05) is 55.8 Å².